The van der Waals surface area contributed by atoms with Crippen molar-refractivity contribution in [3.05, 3.63) is 29.3 Å². The van der Waals surface area contributed by atoms with Crippen molar-refractivity contribution in [1.82, 2.24) is 20.3 Å². The van der Waals surface area contributed by atoms with Crippen molar-refractivity contribution < 1.29 is 9.32 Å². The number of hydrogen-bond donors (Lipinski definition) is 1. The number of likely N-dealkylation sites (tertiary alicyclic amines) is 1. The molecule has 1 unspecified atom stereocenters. The molecule has 0 radical (unpaired) electrons. The van der Waals surface area contributed by atoms with Gasteiger partial charge in [-0.15, -0.1) is 11.3 Å². The van der Waals surface area contributed by atoms with E-state index >= 15 is 0 Å². The first-order chi connectivity index (χ1) is 11.3. The number of carbonyl (C=O) groups is 1. The molecule has 1 N–H and O–H groups in total. The van der Waals surface area contributed by atoms with E-state index in [1.807, 2.05) is 22.4 Å². The Bertz CT molecular complexity index is 663. The van der Waals surface area contributed by atoms with Gasteiger partial charge in [0.2, 0.25) is 0 Å². The third kappa shape index (κ3) is 3.04. The Morgan fingerprint density at radius 2 is 2.22 bits per heavy atom. The lowest BCUT2D eigenvalue weighted by Crippen LogP contribution is -2.49. The third-order valence-electron chi connectivity index (χ3n) is 4.61. The zero-order chi connectivity index (χ0) is 15.6. The van der Waals surface area contributed by atoms with E-state index in [0.29, 0.717) is 17.5 Å². The van der Waals surface area contributed by atoms with Crippen LogP contribution in [0.25, 0.3) is 10.6 Å². The molecule has 7 heteroatoms. The summed E-state index contributed by atoms with van der Waals surface area (Å²) >= 11 is 1.58. The van der Waals surface area contributed by atoms with Gasteiger partial charge in [0.25, 0.3) is 5.91 Å². The van der Waals surface area contributed by atoms with E-state index in [1.165, 1.54) is 0 Å². The zero-order valence-corrected chi connectivity index (χ0v) is 13.7. The first kappa shape index (κ1) is 14.9. The maximum Gasteiger partial charge on any atom is 0.276 e. The molecule has 23 heavy (non-hydrogen) atoms. The average molecular weight is 332 g/mol. The first-order valence-electron chi connectivity index (χ1n) is 8.06. The Labute approximate surface area is 139 Å². The topological polar surface area (TPSA) is 61.6 Å². The summed E-state index contributed by atoms with van der Waals surface area (Å²) in [5.41, 5.74) is 0.411. The summed E-state index contributed by atoms with van der Waals surface area (Å²) in [7, 11) is 0. The summed E-state index contributed by atoms with van der Waals surface area (Å²) in [6.07, 6.45) is 1.04. The van der Waals surface area contributed by atoms with Crippen LogP contribution in [-0.2, 0) is 0 Å². The summed E-state index contributed by atoms with van der Waals surface area (Å²) in [6, 6.07) is 6.16. The van der Waals surface area contributed by atoms with Gasteiger partial charge >= 0.3 is 0 Å². The van der Waals surface area contributed by atoms with Crippen LogP contribution < -0.4 is 5.32 Å². The first-order valence-corrected chi connectivity index (χ1v) is 8.94. The monoisotopic (exact) mass is 332 g/mol. The molecule has 1 amide bonds. The lowest BCUT2D eigenvalue weighted by molar-refractivity contribution is 0.0763. The van der Waals surface area contributed by atoms with Gasteiger partial charge in [0.15, 0.2) is 11.5 Å². The highest BCUT2D eigenvalue weighted by molar-refractivity contribution is 7.13. The number of aromatic nitrogens is 1. The highest BCUT2D eigenvalue weighted by Gasteiger charge is 2.32. The van der Waals surface area contributed by atoms with Crippen LogP contribution in [0.5, 0.6) is 0 Å². The molecule has 4 rings (SSSR count). The molecular weight excluding hydrogens is 312 g/mol. The lowest BCUT2D eigenvalue weighted by atomic mass is 10.2. The highest BCUT2D eigenvalue weighted by atomic mass is 32.1. The fourth-order valence-electron chi connectivity index (χ4n) is 3.34. The van der Waals surface area contributed by atoms with Gasteiger partial charge in [-0.2, -0.15) is 0 Å². The molecule has 2 fully saturated rings. The second kappa shape index (κ2) is 6.43. The van der Waals surface area contributed by atoms with Crippen molar-refractivity contribution in [3.63, 3.8) is 0 Å². The van der Waals surface area contributed by atoms with Crippen LogP contribution in [0.1, 0.15) is 16.9 Å². The highest BCUT2D eigenvalue weighted by Crippen LogP contribution is 2.26. The minimum Gasteiger partial charge on any atom is -0.355 e. The minimum absolute atomic E-state index is 0.0193. The maximum atomic E-state index is 12.6. The van der Waals surface area contributed by atoms with Crippen LogP contribution in [0.2, 0.25) is 0 Å². The van der Waals surface area contributed by atoms with Gasteiger partial charge in [0.05, 0.1) is 4.88 Å². The van der Waals surface area contributed by atoms with E-state index < -0.39 is 0 Å². The molecule has 6 nitrogen and oxygen atoms in total. The summed E-state index contributed by atoms with van der Waals surface area (Å²) in [5.74, 6) is 0.649. The van der Waals surface area contributed by atoms with E-state index in [1.54, 1.807) is 17.4 Å². The Kier molecular flexibility index (Phi) is 4.15. The van der Waals surface area contributed by atoms with Crippen LogP contribution in [0.3, 0.4) is 0 Å². The fraction of sp³-hybridized carbons (Fsp3) is 0.500. The van der Waals surface area contributed by atoms with E-state index in [0.717, 1.165) is 50.6 Å². The van der Waals surface area contributed by atoms with Crippen LogP contribution in [0.15, 0.2) is 28.1 Å². The summed E-state index contributed by atoms with van der Waals surface area (Å²) in [5, 5.41) is 9.33. The number of nitrogens with one attached hydrogen (secondary N) is 1. The van der Waals surface area contributed by atoms with Gasteiger partial charge < -0.3 is 14.7 Å². The van der Waals surface area contributed by atoms with E-state index in [2.05, 4.69) is 15.4 Å². The van der Waals surface area contributed by atoms with E-state index in [-0.39, 0.29) is 5.91 Å². The largest absolute Gasteiger partial charge is 0.355 e. The van der Waals surface area contributed by atoms with Crippen LogP contribution in [-0.4, -0.2) is 66.2 Å². The van der Waals surface area contributed by atoms with Gasteiger partial charge in [-0.25, -0.2) is 0 Å². The van der Waals surface area contributed by atoms with Crippen LogP contribution in [0.4, 0.5) is 0 Å². The minimum atomic E-state index is -0.0193. The number of rotatable bonds is 3. The van der Waals surface area contributed by atoms with Gasteiger partial charge in [-0.1, -0.05) is 11.2 Å². The van der Waals surface area contributed by atoms with Crippen molar-refractivity contribution in [1.29, 1.82) is 0 Å². The molecule has 0 aliphatic carbocycles. The normalized spacial score (nSPS) is 22.6. The predicted octanol–water partition coefficient (Wildman–Crippen LogP) is 1.52. The number of nitrogens with zero attached hydrogens (tertiary/aromatic N) is 3. The third-order valence-corrected chi connectivity index (χ3v) is 5.50. The molecule has 0 bridgehead atoms. The molecule has 0 saturated carbocycles. The second-order valence-corrected chi connectivity index (χ2v) is 6.98. The predicted molar refractivity (Wildman–Crippen MR) is 88.6 cm³/mol. The van der Waals surface area contributed by atoms with Gasteiger partial charge in [0, 0.05) is 51.4 Å². The number of carbonyl (C=O) groups excluding carboxylic acids is 1. The summed E-state index contributed by atoms with van der Waals surface area (Å²) in [6.45, 7) is 5.81. The molecule has 0 aromatic carbocycles. The van der Waals surface area contributed by atoms with E-state index in [9.17, 15) is 4.79 Å². The Hall–Kier alpha value is -1.70. The molecule has 0 spiro atoms. The molecule has 2 aromatic heterocycles. The van der Waals surface area contributed by atoms with Crippen molar-refractivity contribution in [2.45, 2.75) is 12.5 Å². The van der Waals surface area contributed by atoms with Gasteiger partial charge in [-0.05, 0) is 17.9 Å². The van der Waals surface area contributed by atoms with E-state index in [4.69, 9.17) is 4.52 Å². The Balaban J connectivity index is 1.41. The molecule has 2 saturated heterocycles. The fourth-order valence-corrected chi connectivity index (χ4v) is 4.02. The molecule has 1 atom stereocenters. The number of amides is 1. The maximum absolute atomic E-state index is 12.6. The number of thiophene rings is 1. The SMILES string of the molecule is O=C(c1cc(-c2cccs2)on1)N1CCC(N2CCNCC2)C1. The molecule has 2 aromatic rings. The molecule has 2 aliphatic heterocycles. The van der Waals surface area contributed by atoms with Crippen molar-refractivity contribution in [2.75, 3.05) is 39.3 Å². The number of hydrogen-bond acceptors (Lipinski definition) is 6. The molecule has 122 valence electrons. The van der Waals surface area contributed by atoms with Crippen LogP contribution >= 0.6 is 11.3 Å². The van der Waals surface area contributed by atoms with Crippen molar-refractivity contribution in [3.8, 4) is 10.6 Å². The van der Waals surface area contributed by atoms with Gasteiger partial charge in [-0.3, -0.25) is 9.69 Å². The smallest absolute Gasteiger partial charge is 0.276 e. The zero-order valence-electron chi connectivity index (χ0n) is 12.9. The Morgan fingerprint density at radius 3 is 3.00 bits per heavy atom. The summed E-state index contributed by atoms with van der Waals surface area (Å²) < 4.78 is 5.33. The average Bonchev–Trinajstić information content (AvgIpc) is 3.35. The quantitative estimate of drug-likeness (QED) is 0.923. The second-order valence-electron chi connectivity index (χ2n) is 6.03. The molecule has 4 heterocycles. The number of piperazine rings is 1. The Morgan fingerprint density at radius 1 is 1.35 bits per heavy atom. The standard InChI is InChI=1S/C16H20N4O2S/c21-16(13-10-14(22-18-13)15-2-1-9-23-15)20-6-3-12(11-20)19-7-4-17-5-8-19/h1-2,9-10,12,17H,3-8,11H2. The van der Waals surface area contributed by atoms with Crippen molar-refractivity contribution >= 4 is 17.2 Å². The lowest BCUT2D eigenvalue weighted by Gasteiger charge is -2.32. The van der Waals surface area contributed by atoms with Crippen LogP contribution in [0, 0.1) is 0 Å². The summed E-state index contributed by atoms with van der Waals surface area (Å²) in [4.78, 5) is 18.0. The molecule has 2 aliphatic rings. The van der Waals surface area contributed by atoms with Crippen molar-refractivity contribution in [2.24, 2.45) is 0 Å². The van der Waals surface area contributed by atoms with Gasteiger partial charge in [0.1, 0.15) is 0 Å². The molecular formula is C16H20N4O2S.